The first-order valence-electron chi connectivity index (χ1n) is 6.34. The van der Waals surface area contributed by atoms with Gasteiger partial charge < -0.3 is 4.74 Å². The van der Waals surface area contributed by atoms with Gasteiger partial charge in [0.25, 0.3) is 0 Å². The van der Waals surface area contributed by atoms with E-state index in [1.807, 2.05) is 13.0 Å². The van der Waals surface area contributed by atoms with Crippen LogP contribution in [0.15, 0.2) is 17.1 Å². The van der Waals surface area contributed by atoms with Gasteiger partial charge in [-0.3, -0.25) is 0 Å². The third-order valence-corrected chi connectivity index (χ3v) is 4.99. The minimum Gasteiger partial charge on any atom is -0.492 e. The molecule has 5 heteroatoms. The Morgan fingerprint density at radius 3 is 2.63 bits per heavy atom. The van der Waals surface area contributed by atoms with Gasteiger partial charge in [0, 0.05) is 8.07 Å². The lowest BCUT2D eigenvalue weighted by atomic mass is 10.2. The summed E-state index contributed by atoms with van der Waals surface area (Å²) in [4.78, 5) is 3.97. The second kappa shape index (κ2) is 7.20. The third kappa shape index (κ3) is 5.87. The van der Waals surface area contributed by atoms with Crippen molar-refractivity contribution in [1.82, 2.24) is 0 Å². The number of halogens is 1. The van der Waals surface area contributed by atoms with Crippen LogP contribution in [0.5, 0.6) is 5.75 Å². The van der Waals surface area contributed by atoms with E-state index in [9.17, 15) is 0 Å². The van der Waals surface area contributed by atoms with Crippen LogP contribution in [-0.2, 0) is 0 Å². The Labute approximate surface area is 126 Å². The molecule has 0 aromatic heterocycles. The molecule has 0 aliphatic carbocycles. The minimum absolute atomic E-state index is 0.572. The standard InChI is InChI=1S/C14H20ClNOSSi/c1-11-8-14(12(15)9-13(11)16-10-18)17-6-5-7-19(2,3)4/h8-9H,5-7H2,1-4H3. The second-order valence-electron chi connectivity index (χ2n) is 5.78. The van der Waals surface area contributed by atoms with E-state index in [1.54, 1.807) is 6.07 Å². The topological polar surface area (TPSA) is 21.6 Å². The van der Waals surface area contributed by atoms with E-state index in [2.05, 4.69) is 42.0 Å². The third-order valence-electron chi connectivity index (χ3n) is 2.75. The van der Waals surface area contributed by atoms with Crippen molar-refractivity contribution in [3.05, 3.63) is 22.7 Å². The molecule has 0 unspecified atom stereocenters. The number of thiocarbonyl (C=S) groups is 1. The van der Waals surface area contributed by atoms with Crippen LogP contribution >= 0.6 is 23.8 Å². The number of ether oxygens (including phenoxy) is 1. The number of nitrogens with zero attached hydrogens (tertiary/aromatic N) is 1. The monoisotopic (exact) mass is 313 g/mol. The predicted molar refractivity (Wildman–Crippen MR) is 89.1 cm³/mol. The zero-order valence-electron chi connectivity index (χ0n) is 11.9. The fourth-order valence-corrected chi connectivity index (χ4v) is 3.23. The smallest absolute Gasteiger partial charge is 0.138 e. The Morgan fingerprint density at radius 1 is 1.37 bits per heavy atom. The maximum absolute atomic E-state index is 6.17. The van der Waals surface area contributed by atoms with Gasteiger partial charge in [0.1, 0.15) is 5.75 Å². The molecular weight excluding hydrogens is 294 g/mol. The van der Waals surface area contributed by atoms with Crippen molar-refractivity contribution in [2.45, 2.75) is 39.0 Å². The zero-order valence-corrected chi connectivity index (χ0v) is 14.5. The van der Waals surface area contributed by atoms with Crippen molar-refractivity contribution in [2.24, 2.45) is 4.99 Å². The van der Waals surface area contributed by atoms with Crippen LogP contribution in [0.1, 0.15) is 12.0 Å². The summed E-state index contributed by atoms with van der Waals surface area (Å²) in [6.07, 6.45) is 1.07. The molecule has 104 valence electrons. The summed E-state index contributed by atoms with van der Waals surface area (Å²) in [5, 5.41) is 2.93. The molecule has 0 N–H and O–H groups in total. The molecule has 0 heterocycles. The molecule has 0 spiro atoms. The summed E-state index contributed by atoms with van der Waals surface area (Å²) in [7, 11) is -0.987. The van der Waals surface area contributed by atoms with Gasteiger partial charge in [0.2, 0.25) is 0 Å². The van der Waals surface area contributed by atoms with Crippen LogP contribution in [-0.4, -0.2) is 19.8 Å². The fourth-order valence-electron chi connectivity index (χ4n) is 1.71. The van der Waals surface area contributed by atoms with E-state index < -0.39 is 8.07 Å². The highest BCUT2D eigenvalue weighted by molar-refractivity contribution is 7.78. The van der Waals surface area contributed by atoms with E-state index in [4.69, 9.17) is 16.3 Å². The molecule has 2 nitrogen and oxygen atoms in total. The number of hydrogen-bond acceptors (Lipinski definition) is 3. The molecule has 0 radical (unpaired) electrons. The van der Waals surface area contributed by atoms with E-state index in [1.165, 1.54) is 6.04 Å². The zero-order chi connectivity index (χ0) is 14.5. The molecule has 1 aromatic rings. The molecule has 19 heavy (non-hydrogen) atoms. The Balaban J connectivity index is 2.65. The molecular formula is C14H20ClNOSSi. The van der Waals surface area contributed by atoms with Gasteiger partial charge in [-0.25, -0.2) is 0 Å². The first-order valence-corrected chi connectivity index (χ1v) is 10.8. The van der Waals surface area contributed by atoms with Crippen LogP contribution in [0.25, 0.3) is 0 Å². The summed E-state index contributed by atoms with van der Waals surface area (Å²) in [6, 6.07) is 4.93. The molecule has 1 rings (SSSR count). The lowest BCUT2D eigenvalue weighted by Gasteiger charge is -2.16. The number of isothiocyanates is 1. The summed E-state index contributed by atoms with van der Waals surface area (Å²) in [5.74, 6) is 0.720. The van der Waals surface area contributed by atoms with Crippen molar-refractivity contribution in [2.75, 3.05) is 6.61 Å². The maximum atomic E-state index is 6.17. The lowest BCUT2D eigenvalue weighted by molar-refractivity contribution is 0.317. The van der Waals surface area contributed by atoms with Crippen LogP contribution < -0.4 is 4.74 Å². The molecule has 0 fully saturated rings. The molecule has 0 atom stereocenters. The van der Waals surface area contributed by atoms with Crippen molar-refractivity contribution >= 4 is 42.7 Å². The van der Waals surface area contributed by atoms with E-state index in [0.29, 0.717) is 11.6 Å². The van der Waals surface area contributed by atoms with Gasteiger partial charge in [-0.05, 0) is 43.3 Å². The second-order valence-corrected chi connectivity index (χ2v) is 12.0. The molecule has 0 saturated heterocycles. The molecule has 1 aromatic carbocycles. The Hall–Kier alpha value is -0.673. The number of aliphatic imine (C=N–C) groups is 1. The van der Waals surface area contributed by atoms with Gasteiger partial charge in [-0.1, -0.05) is 37.3 Å². The first-order chi connectivity index (χ1) is 8.83. The predicted octanol–water partition coefficient (Wildman–Crippen LogP) is 5.49. The van der Waals surface area contributed by atoms with Crippen LogP contribution in [0.2, 0.25) is 30.7 Å². The summed E-state index contributed by atoms with van der Waals surface area (Å²) in [6.45, 7) is 9.75. The van der Waals surface area contributed by atoms with Gasteiger partial charge in [-0.2, -0.15) is 4.99 Å². The van der Waals surface area contributed by atoms with Crippen molar-refractivity contribution in [3.63, 3.8) is 0 Å². The van der Waals surface area contributed by atoms with Crippen molar-refractivity contribution < 1.29 is 4.74 Å². The number of rotatable bonds is 6. The van der Waals surface area contributed by atoms with E-state index in [0.717, 1.165) is 23.4 Å². The highest BCUT2D eigenvalue weighted by Gasteiger charge is 2.12. The SMILES string of the molecule is Cc1cc(OCCC[Si](C)(C)C)c(Cl)cc1N=C=S. The fraction of sp³-hybridized carbons (Fsp3) is 0.500. The summed E-state index contributed by atoms with van der Waals surface area (Å²) >= 11 is 10.8. The van der Waals surface area contributed by atoms with Crippen LogP contribution in [0, 0.1) is 6.92 Å². The number of benzene rings is 1. The van der Waals surface area contributed by atoms with Gasteiger partial charge in [0.05, 0.1) is 22.5 Å². The number of aryl methyl sites for hydroxylation is 1. The quantitative estimate of drug-likeness (QED) is 0.300. The van der Waals surface area contributed by atoms with E-state index >= 15 is 0 Å². The molecule has 0 aliphatic heterocycles. The van der Waals surface area contributed by atoms with Crippen molar-refractivity contribution in [3.8, 4) is 5.75 Å². The highest BCUT2D eigenvalue weighted by atomic mass is 35.5. The lowest BCUT2D eigenvalue weighted by Crippen LogP contribution is -2.20. The Kier molecular flexibility index (Phi) is 6.21. The average molecular weight is 314 g/mol. The van der Waals surface area contributed by atoms with E-state index in [-0.39, 0.29) is 0 Å². The average Bonchev–Trinajstić information content (AvgIpc) is 2.29. The Bertz CT molecular complexity index is 493. The number of hydrogen-bond donors (Lipinski definition) is 0. The van der Waals surface area contributed by atoms with Crippen LogP contribution in [0.3, 0.4) is 0 Å². The summed E-state index contributed by atoms with van der Waals surface area (Å²) in [5.41, 5.74) is 1.73. The molecule has 0 amide bonds. The minimum atomic E-state index is -0.987. The van der Waals surface area contributed by atoms with Gasteiger partial charge in [-0.15, -0.1) is 0 Å². The first kappa shape index (κ1) is 16.4. The van der Waals surface area contributed by atoms with Crippen molar-refractivity contribution in [1.29, 1.82) is 0 Å². The summed E-state index contributed by atoms with van der Waals surface area (Å²) < 4.78 is 5.75. The Morgan fingerprint density at radius 2 is 2.05 bits per heavy atom. The van der Waals surface area contributed by atoms with Crippen LogP contribution in [0.4, 0.5) is 5.69 Å². The largest absolute Gasteiger partial charge is 0.492 e. The molecule has 0 bridgehead atoms. The van der Waals surface area contributed by atoms with Gasteiger partial charge in [0.15, 0.2) is 0 Å². The normalized spacial score (nSPS) is 11.0. The maximum Gasteiger partial charge on any atom is 0.138 e. The van der Waals surface area contributed by atoms with Gasteiger partial charge >= 0.3 is 0 Å². The highest BCUT2D eigenvalue weighted by Crippen LogP contribution is 2.32. The molecule has 0 aliphatic rings. The molecule has 0 saturated carbocycles.